The summed E-state index contributed by atoms with van der Waals surface area (Å²) in [4.78, 5) is 15.7. The summed E-state index contributed by atoms with van der Waals surface area (Å²) in [6.07, 6.45) is 2.95. The first-order valence-electron chi connectivity index (χ1n) is 6.52. The van der Waals surface area contributed by atoms with E-state index in [0.717, 1.165) is 13.0 Å². The van der Waals surface area contributed by atoms with Gasteiger partial charge in [0.05, 0.1) is 31.0 Å². The summed E-state index contributed by atoms with van der Waals surface area (Å²) in [6.45, 7) is 4.77. The van der Waals surface area contributed by atoms with Gasteiger partial charge in [0.2, 0.25) is 0 Å². The van der Waals surface area contributed by atoms with Crippen LogP contribution in [0.3, 0.4) is 0 Å². The van der Waals surface area contributed by atoms with E-state index >= 15 is 0 Å². The summed E-state index contributed by atoms with van der Waals surface area (Å²) < 4.78 is 17.7. The maximum absolute atomic E-state index is 13.0. The van der Waals surface area contributed by atoms with Gasteiger partial charge >= 0.3 is 5.97 Å². The predicted octanol–water partition coefficient (Wildman–Crippen LogP) is 2.39. The molecule has 0 saturated heterocycles. The van der Waals surface area contributed by atoms with Crippen LogP contribution in [0.5, 0.6) is 0 Å². The molecule has 0 spiro atoms. The van der Waals surface area contributed by atoms with Crippen LogP contribution in [0.1, 0.15) is 38.8 Å². The van der Waals surface area contributed by atoms with Gasteiger partial charge in [-0.2, -0.15) is 0 Å². The normalized spacial score (nSPS) is 13.9. The fourth-order valence-electron chi connectivity index (χ4n) is 2.02. The van der Waals surface area contributed by atoms with Crippen LogP contribution in [0, 0.1) is 5.82 Å². The first kappa shape index (κ1) is 15.6. The van der Waals surface area contributed by atoms with Crippen molar-refractivity contribution >= 4 is 5.97 Å². The number of hydrogen-bond acceptors (Lipinski definition) is 4. The van der Waals surface area contributed by atoms with Crippen molar-refractivity contribution in [1.82, 2.24) is 10.3 Å². The number of pyridine rings is 1. The molecule has 0 saturated carbocycles. The molecule has 1 aromatic heterocycles. The van der Waals surface area contributed by atoms with Crippen LogP contribution < -0.4 is 5.32 Å². The minimum absolute atomic E-state index is 0.179. The molecule has 5 heteroatoms. The first-order valence-corrected chi connectivity index (χ1v) is 6.52. The number of nitrogens with zero attached hydrogens (tertiary/aromatic N) is 1. The molecule has 0 amide bonds. The molecule has 0 aliphatic rings. The van der Waals surface area contributed by atoms with Crippen LogP contribution in [0.4, 0.5) is 4.39 Å². The lowest BCUT2D eigenvalue weighted by atomic mass is 9.87. The Hall–Kier alpha value is -1.49. The van der Waals surface area contributed by atoms with E-state index in [1.165, 1.54) is 19.4 Å². The van der Waals surface area contributed by atoms with Crippen LogP contribution >= 0.6 is 0 Å². The molecule has 0 aromatic carbocycles. The fraction of sp³-hybridized carbons (Fsp3) is 0.571. The molecule has 0 fully saturated rings. The Morgan fingerprint density at radius 3 is 2.68 bits per heavy atom. The Morgan fingerprint density at radius 2 is 2.21 bits per heavy atom. The zero-order valence-corrected chi connectivity index (χ0v) is 11.7. The van der Waals surface area contributed by atoms with Crippen LogP contribution in [0.15, 0.2) is 18.3 Å². The molecule has 1 atom stereocenters. The zero-order chi connectivity index (χ0) is 14.3. The highest BCUT2D eigenvalue weighted by Gasteiger charge is 2.34. The van der Waals surface area contributed by atoms with E-state index in [4.69, 9.17) is 4.74 Å². The van der Waals surface area contributed by atoms with Crippen molar-refractivity contribution in [3.63, 3.8) is 0 Å². The third kappa shape index (κ3) is 3.99. The lowest BCUT2D eigenvalue weighted by Crippen LogP contribution is -2.45. The number of aromatic nitrogens is 1. The second-order valence-electron chi connectivity index (χ2n) is 4.48. The van der Waals surface area contributed by atoms with Crippen molar-refractivity contribution in [3.05, 3.63) is 29.8 Å². The summed E-state index contributed by atoms with van der Waals surface area (Å²) >= 11 is 0. The molecule has 1 unspecified atom stereocenters. The van der Waals surface area contributed by atoms with Crippen LogP contribution in [-0.2, 0) is 15.1 Å². The molecule has 0 aliphatic carbocycles. The van der Waals surface area contributed by atoms with Gasteiger partial charge in [0.1, 0.15) is 5.82 Å². The van der Waals surface area contributed by atoms with Crippen LogP contribution in [0.2, 0.25) is 0 Å². The lowest BCUT2D eigenvalue weighted by Gasteiger charge is -2.32. The molecule has 1 aromatic rings. The smallest absolute Gasteiger partial charge is 0.307 e. The summed E-state index contributed by atoms with van der Waals surface area (Å²) in [5, 5.41) is 3.35. The zero-order valence-electron chi connectivity index (χ0n) is 11.7. The standard InChI is InChI=1S/C14H21FN2O2/c1-4-8-17-14(5-2,9-13(18)19-3)12-7-6-11(15)10-16-12/h6-7,10,17H,4-5,8-9H2,1-3H3. The van der Waals surface area contributed by atoms with Gasteiger partial charge in [-0.25, -0.2) is 4.39 Å². The highest BCUT2D eigenvalue weighted by molar-refractivity contribution is 5.71. The predicted molar refractivity (Wildman–Crippen MR) is 71.1 cm³/mol. The summed E-state index contributed by atoms with van der Waals surface area (Å²) in [5.74, 6) is -0.695. The summed E-state index contributed by atoms with van der Waals surface area (Å²) in [6, 6.07) is 2.97. The number of ether oxygens (including phenoxy) is 1. The molecule has 106 valence electrons. The topological polar surface area (TPSA) is 51.2 Å². The lowest BCUT2D eigenvalue weighted by molar-refractivity contribution is -0.142. The van der Waals surface area contributed by atoms with Crippen molar-refractivity contribution in [2.24, 2.45) is 0 Å². The molecule has 0 radical (unpaired) electrons. The van der Waals surface area contributed by atoms with Gasteiger partial charge in [0.25, 0.3) is 0 Å². The molecule has 0 aliphatic heterocycles. The van der Waals surface area contributed by atoms with Gasteiger partial charge in [-0.05, 0) is 31.5 Å². The third-order valence-corrected chi connectivity index (χ3v) is 3.21. The van der Waals surface area contributed by atoms with Crippen LogP contribution in [0.25, 0.3) is 0 Å². The maximum Gasteiger partial charge on any atom is 0.307 e. The SMILES string of the molecule is CCCNC(CC)(CC(=O)OC)c1ccc(F)cn1. The van der Waals surface area contributed by atoms with E-state index in [-0.39, 0.29) is 18.2 Å². The third-order valence-electron chi connectivity index (χ3n) is 3.21. The van der Waals surface area contributed by atoms with Gasteiger partial charge in [0.15, 0.2) is 0 Å². The fourth-order valence-corrected chi connectivity index (χ4v) is 2.02. The number of nitrogens with one attached hydrogen (secondary N) is 1. The maximum atomic E-state index is 13.0. The summed E-state index contributed by atoms with van der Waals surface area (Å²) in [5.41, 5.74) is 0.0619. The van der Waals surface area contributed by atoms with E-state index in [1.54, 1.807) is 6.07 Å². The number of esters is 1. The van der Waals surface area contributed by atoms with E-state index in [2.05, 4.69) is 10.3 Å². The van der Waals surface area contributed by atoms with Gasteiger partial charge in [-0.1, -0.05) is 13.8 Å². The Morgan fingerprint density at radius 1 is 1.47 bits per heavy atom. The summed E-state index contributed by atoms with van der Waals surface area (Å²) in [7, 11) is 1.36. The average molecular weight is 268 g/mol. The monoisotopic (exact) mass is 268 g/mol. The van der Waals surface area contributed by atoms with E-state index in [0.29, 0.717) is 12.1 Å². The molecule has 19 heavy (non-hydrogen) atoms. The Kier molecular flexibility index (Phi) is 5.89. The number of halogens is 1. The van der Waals surface area contributed by atoms with Gasteiger partial charge in [0, 0.05) is 0 Å². The molecule has 4 nitrogen and oxygen atoms in total. The van der Waals surface area contributed by atoms with E-state index in [1.807, 2.05) is 13.8 Å². The van der Waals surface area contributed by atoms with Gasteiger partial charge < -0.3 is 10.1 Å². The molecule has 1 rings (SSSR count). The minimum atomic E-state index is -0.600. The Balaban J connectivity index is 3.07. The molecule has 0 bridgehead atoms. The quantitative estimate of drug-likeness (QED) is 0.771. The number of carbonyl (C=O) groups is 1. The molecular formula is C14H21FN2O2. The van der Waals surface area contributed by atoms with Crippen LogP contribution in [-0.4, -0.2) is 24.6 Å². The van der Waals surface area contributed by atoms with Gasteiger partial charge in [-0.3, -0.25) is 9.78 Å². The van der Waals surface area contributed by atoms with Crippen molar-refractivity contribution in [3.8, 4) is 0 Å². The van der Waals surface area contributed by atoms with E-state index in [9.17, 15) is 9.18 Å². The second-order valence-corrected chi connectivity index (χ2v) is 4.48. The number of hydrogen-bond donors (Lipinski definition) is 1. The average Bonchev–Trinajstić information content (AvgIpc) is 2.44. The molecule has 1 N–H and O–H groups in total. The van der Waals surface area contributed by atoms with Crippen molar-refractivity contribution in [1.29, 1.82) is 0 Å². The van der Waals surface area contributed by atoms with Crippen molar-refractivity contribution in [2.75, 3.05) is 13.7 Å². The Bertz CT molecular complexity index is 408. The van der Waals surface area contributed by atoms with Crippen molar-refractivity contribution < 1.29 is 13.9 Å². The number of rotatable bonds is 7. The Labute approximate surface area is 113 Å². The highest BCUT2D eigenvalue weighted by Crippen LogP contribution is 2.28. The highest BCUT2D eigenvalue weighted by atomic mass is 19.1. The number of methoxy groups -OCH3 is 1. The largest absolute Gasteiger partial charge is 0.469 e. The first-order chi connectivity index (χ1) is 9.07. The minimum Gasteiger partial charge on any atom is -0.469 e. The molecule has 1 heterocycles. The second kappa shape index (κ2) is 7.19. The van der Waals surface area contributed by atoms with Gasteiger partial charge in [-0.15, -0.1) is 0 Å². The number of carbonyl (C=O) groups excluding carboxylic acids is 1. The molecular weight excluding hydrogens is 247 g/mol. The van der Waals surface area contributed by atoms with Crippen molar-refractivity contribution in [2.45, 2.75) is 38.6 Å². The van der Waals surface area contributed by atoms with E-state index < -0.39 is 5.54 Å².